The van der Waals surface area contributed by atoms with Crippen molar-refractivity contribution in [3.8, 4) is 0 Å². The Balaban J connectivity index is 2.62. The normalized spacial score (nSPS) is 13.9. The van der Waals surface area contributed by atoms with Crippen LogP contribution in [-0.4, -0.2) is 24.1 Å². The first kappa shape index (κ1) is 14.6. The summed E-state index contributed by atoms with van der Waals surface area (Å²) in [6.07, 6.45) is 6.42. The molecule has 100 valence electrons. The Morgan fingerprint density at radius 3 is 2.89 bits per heavy atom. The van der Waals surface area contributed by atoms with Gasteiger partial charge in [-0.05, 0) is 25.0 Å². The minimum Gasteiger partial charge on any atom is -0.468 e. The van der Waals surface area contributed by atoms with Crippen molar-refractivity contribution in [2.75, 3.05) is 7.11 Å². The van der Waals surface area contributed by atoms with Crippen LogP contribution in [0.4, 0.5) is 0 Å². The number of hydrogen-bond donors (Lipinski definition) is 1. The molecule has 0 aliphatic rings. The number of hydrogen-bond acceptors (Lipinski definition) is 4. The highest BCUT2D eigenvalue weighted by molar-refractivity contribution is 5.75. The largest absolute Gasteiger partial charge is 0.468 e. The molecule has 4 heteroatoms. The molecule has 0 amide bonds. The van der Waals surface area contributed by atoms with Crippen molar-refractivity contribution < 1.29 is 9.53 Å². The van der Waals surface area contributed by atoms with Crippen LogP contribution in [0.1, 0.15) is 44.7 Å². The first-order valence-electron chi connectivity index (χ1n) is 6.42. The zero-order valence-corrected chi connectivity index (χ0v) is 11.3. The molecule has 2 atom stereocenters. The number of unbranched alkanes of at least 4 members (excludes halogenated alkanes) is 1. The third-order valence-electron chi connectivity index (χ3n) is 2.97. The van der Waals surface area contributed by atoms with Gasteiger partial charge in [0.15, 0.2) is 0 Å². The van der Waals surface area contributed by atoms with E-state index in [-0.39, 0.29) is 18.1 Å². The molecule has 0 spiro atoms. The van der Waals surface area contributed by atoms with E-state index in [2.05, 4.69) is 17.2 Å². The molecular weight excluding hydrogens is 228 g/mol. The lowest BCUT2D eigenvalue weighted by Gasteiger charge is -2.21. The van der Waals surface area contributed by atoms with E-state index >= 15 is 0 Å². The van der Waals surface area contributed by atoms with E-state index in [4.69, 9.17) is 4.74 Å². The molecule has 4 nitrogen and oxygen atoms in total. The predicted molar refractivity (Wildman–Crippen MR) is 71.1 cm³/mol. The van der Waals surface area contributed by atoms with E-state index in [0.717, 1.165) is 24.8 Å². The van der Waals surface area contributed by atoms with Gasteiger partial charge >= 0.3 is 5.97 Å². The smallest absolute Gasteiger partial charge is 0.322 e. The van der Waals surface area contributed by atoms with E-state index in [1.54, 1.807) is 6.20 Å². The van der Waals surface area contributed by atoms with Crippen molar-refractivity contribution in [1.29, 1.82) is 0 Å². The molecule has 0 fully saturated rings. The Labute approximate surface area is 109 Å². The summed E-state index contributed by atoms with van der Waals surface area (Å²) in [6.45, 7) is 4.14. The Hall–Kier alpha value is -1.42. The number of nitrogens with one attached hydrogen (secondary N) is 1. The maximum Gasteiger partial charge on any atom is 0.322 e. The molecule has 1 heterocycles. The van der Waals surface area contributed by atoms with E-state index in [0.29, 0.717) is 0 Å². The van der Waals surface area contributed by atoms with Crippen molar-refractivity contribution in [2.24, 2.45) is 0 Å². The van der Waals surface area contributed by atoms with E-state index in [9.17, 15) is 4.79 Å². The van der Waals surface area contributed by atoms with Gasteiger partial charge in [0.05, 0.1) is 7.11 Å². The summed E-state index contributed by atoms with van der Waals surface area (Å²) >= 11 is 0. The van der Waals surface area contributed by atoms with Crippen LogP contribution < -0.4 is 5.32 Å². The molecular formula is C14H22N2O2. The summed E-state index contributed by atoms with van der Waals surface area (Å²) < 4.78 is 4.83. The highest BCUT2D eigenvalue weighted by Crippen LogP contribution is 2.13. The molecule has 0 bridgehead atoms. The van der Waals surface area contributed by atoms with Gasteiger partial charge in [-0.2, -0.15) is 0 Å². The number of rotatable bonds is 7. The number of pyridine rings is 1. The molecule has 1 N–H and O–H groups in total. The maximum atomic E-state index is 11.7. The van der Waals surface area contributed by atoms with Crippen molar-refractivity contribution in [2.45, 2.75) is 45.2 Å². The molecule has 0 radical (unpaired) electrons. The summed E-state index contributed by atoms with van der Waals surface area (Å²) in [5.74, 6) is -0.195. The molecule has 0 aliphatic heterocycles. The fraction of sp³-hybridized carbons (Fsp3) is 0.571. The minimum absolute atomic E-state index is 0.0830. The molecule has 1 unspecified atom stereocenters. The molecule has 1 aromatic rings. The molecule has 0 saturated carbocycles. The van der Waals surface area contributed by atoms with Gasteiger partial charge in [-0.3, -0.25) is 15.1 Å². The van der Waals surface area contributed by atoms with Crippen LogP contribution in [0.15, 0.2) is 24.5 Å². The highest BCUT2D eigenvalue weighted by atomic mass is 16.5. The topological polar surface area (TPSA) is 51.2 Å². The van der Waals surface area contributed by atoms with Gasteiger partial charge in [0.2, 0.25) is 0 Å². The second-order valence-electron chi connectivity index (χ2n) is 4.39. The van der Waals surface area contributed by atoms with Crippen LogP contribution in [0.5, 0.6) is 0 Å². The van der Waals surface area contributed by atoms with Crippen LogP contribution in [0.25, 0.3) is 0 Å². The van der Waals surface area contributed by atoms with Gasteiger partial charge in [-0.1, -0.05) is 25.8 Å². The van der Waals surface area contributed by atoms with Crippen LogP contribution in [0.3, 0.4) is 0 Å². The zero-order valence-electron chi connectivity index (χ0n) is 11.3. The summed E-state index contributed by atoms with van der Waals surface area (Å²) in [6, 6.07) is 3.73. The number of carbonyl (C=O) groups is 1. The summed E-state index contributed by atoms with van der Waals surface area (Å²) in [4.78, 5) is 15.8. The lowest BCUT2D eigenvalue weighted by Crippen LogP contribution is -2.39. The van der Waals surface area contributed by atoms with Gasteiger partial charge < -0.3 is 4.74 Å². The second-order valence-corrected chi connectivity index (χ2v) is 4.39. The summed E-state index contributed by atoms with van der Waals surface area (Å²) in [5.41, 5.74) is 1.07. The average molecular weight is 250 g/mol. The zero-order chi connectivity index (χ0) is 13.4. The van der Waals surface area contributed by atoms with Crippen LogP contribution in [0, 0.1) is 0 Å². The monoisotopic (exact) mass is 250 g/mol. The SMILES string of the molecule is CCCCC(N[C@H](C)c1cccnc1)C(=O)OC. The maximum absolute atomic E-state index is 11.7. The molecule has 1 aromatic heterocycles. The third-order valence-corrected chi connectivity index (χ3v) is 2.97. The fourth-order valence-corrected chi connectivity index (χ4v) is 1.85. The van der Waals surface area contributed by atoms with Crippen LogP contribution >= 0.6 is 0 Å². The number of nitrogens with zero attached hydrogens (tertiary/aromatic N) is 1. The second kappa shape index (κ2) is 7.82. The van der Waals surface area contributed by atoms with Gasteiger partial charge in [0, 0.05) is 18.4 Å². The fourth-order valence-electron chi connectivity index (χ4n) is 1.85. The average Bonchev–Trinajstić information content (AvgIpc) is 2.43. The standard InChI is InChI=1S/C14H22N2O2/c1-4-5-8-13(14(17)18-3)16-11(2)12-7-6-9-15-10-12/h6-7,9-11,13,16H,4-5,8H2,1-3H3/t11-,13?/m1/s1. The Morgan fingerprint density at radius 1 is 1.56 bits per heavy atom. The quantitative estimate of drug-likeness (QED) is 0.755. The first-order chi connectivity index (χ1) is 8.69. The Kier molecular flexibility index (Phi) is 6.36. The number of ether oxygens (including phenoxy) is 1. The van der Waals surface area contributed by atoms with E-state index < -0.39 is 0 Å². The van der Waals surface area contributed by atoms with Gasteiger partial charge in [0.1, 0.15) is 6.04 Å². The van der Waals surface area contributed by atoms with Crippen LogP contribution in [0.2, 0.25) is 0 Å². The molecule has 0 aliphatic carbocycles. The number of carbonyl (C=O) groups excluding carboxylic acids is 1. The number of esters is 1. The first-order valence-corrected chi connectivity index (χ1v) is 6.42. The Bertz CT molecular complexity index is 354. The number of methoxy groups -OCH3 is 1. The summed E-state index contributed by atoms with van der Waals surface area (Å²) in [7, 11) is 1.43. The highest BCUT2D eigenvalue weighted by Gasteiger charge is 2.20. The number of aromatic nitrogens is 1. The van der Waals surface area contributed by atoms with Crippen molar-refractivity contribution in [3.63, 3.8) is 0 Å². The molecule has 0 saturated heterocycles. The minimum atomic E-state index is -0.245. The van der Waals surface area contributed by atoms with Crippen molar-refractivity contribution >= 4 is 5.97 Å². The lowest BCUT2D eigenvalue weighted by atomic mass is 10.1. The van der Waals surface area contributed by atoms with E-state index in [1.807, 2.05) is 25.3 Å². The van der Waals surface area contributed by atoms with Crippen molar-refractivity contribution in [3.05, 3.63) is 30.1 Å². The van der Waals surface area contributed by atoms with Gasteiger partial charge in [0.25, 0.3) is 0 Å². The third kappa shape index (κ3) is 4.45. The molecule has 0 aromatic carbocycles. The van der Waals surface area contributed by atoms with Gasteiger partial charge in [-0.15, -0.1) is 0 Å². The van der Waals surface area contributed by atoms with Crippen LogP contribution in [-0.2, 0) is 9.53 Å². The lowest BCUT2D eigenvalue weighted by molar-refractivity contribution is -0.143. The Morgan fingerprint density at radius 2 is 2.33 bits per heavy atom. The predicted octanol–water partition coefficient (Wildman–Crippen LogP) is 2.46. The summed E-state index contributed by atoms with van der Waals surface area (Å²) in [5, 5.41) is 3.30. The van der Waals surface area contributed by atoms with Crippen molar-refractivity contribution in [1.82, 2.24) is 10.3 Å². The van der Waals surface area contributed by atoms with E-state index in [1.165, 1.54) is 7.11 Å². The molecule has 18 heavy (non-hydrogen) atoms. The van der Waals surface area contributed by atoms with Gasteiger partial charge in [-0.25, -0.2) is 0 Å². The molecule has 1 rings (SSSR count).